The molecule has 1 N–H and O–H groups in total. The average Bonchev–Trinajstić information content (AvgIpc) is 2.33. The van der Waals surface area contributed by atoms with Gasteiger partial charge in [-0.25, -0.2) is 0 Å². The molecule has 0 spiro atoms. The third-order valence-corrected chi connectivity index (χ3v) is 3.06. The summed E-state index contributed by atoms with van der Waals surface area (Å²) in [6, 6.07) is 13.6. The van der Waals surface area contributed by atoms with Gasteiger partial charge in [-0.2, -0.15) is 5.26 Å². The summed E-state index contributed by atoms with van der Waals surface area (Å²) < 4.78 is 0. The molecule has 0 fully saturated rings. The quantitative estimate of drug-likeness (QED) is 0.854. The van der Waals surface area contributed by atoms with Crippen molar-refractivity contribution in [2.24, 2.45) is 0 Å². The highest BCUT2D eigenvalue weighted by Gasteiger charge is 2.03. The van der Waals surface area contributed by atoms with E-state index in [9.17, 15) is 0 Å². The maximum Gasteiger partial charge on any atom is 0.101 e. The zero-order valence-corrected chi connectivity index (χ0v) is 11.0. The lowest BCUT2D eigenvalue weighted by Gasteiger charge is -2.10. The van der Waals surface area contributed by atoms with E-state index in [2.05, 4.69) is 31.3 Å². The minimum Gasteiger partial charge on any atom is -0.355 e. The van der Waals surface area contributed by atoms with Gasteiger partial charge in [0, 0.05) is 11.4 Å². The second-order valence-corrected chi connectivity index (χ2v) is 4.66. The fourth-order valence-electron chi connectivity index (χ4n) is 1.79. The van der Waals surface area contributed by atoms with Crippen LogP contribution in [0, 0.1) is 25.2 Å². The van der Waals surface area contributed by atoms with E-state index in [1.165, 1.54) is 11.1 Å². The third-order valence-electron chi connectivity index (χ3n) is 2.75. The molecule has 2 rings (SSSR count). The van der Waals surface area contributed by atoms with E-state index in [4.69, 9.17) is 16.9 Å². The fraction of sp³-hybridized carbons (Fsp3) is 0.133. The molecule has 90 valence electrons. The Morgan fingerprint density at radius 3 is 2.50 bits per heavy atom. The van der Waals surface area contributed by atoms with Gasteiger partial charge < -0.3 is 5.32 Å². The number of rotatable bonds is 2. The lowest BCUT2D eigenvalue weighted by atomic mass is 10.1. The van der Waals surface area contributed by atoms with Gasteiger partial charge >= 0.3 is 0 Å². The smallest absolute Gasteiger partial charge is 0.101 e. The second-order valence-electron chi connectivity index (χ2n) is 4.25. The van der Waals surface area contributed by atoms with Gasteiger partial charge in [0.15, 0.2) is 0 Å². The number of nitrogens with one attached hydrogen (secondary N) is 1. The Morgan fingerprint density at radius 2 is 1.89 bits per heavy atom. The zero-order chi connectivity index (χ0) is 13.1. The highest BCUT2D eigenvalue weighted by Crippen LogP contribution is 2.25. The topological polar surface area (TPSA) is 35.8 Å². The number of hydrogen-bond donors (Lipinski definition) is 1. The first kappa shape index (κ1) is 12.5. The number of benzene rings is 2. The van der Waals surface area contributed by atoms with Crippen molar-refractivity contribution < 1.29 is 0 Å². The number of hydrogen-bond acceptors (Lipinski definition) is 2. The summed E-state index contributed by atoms with van der Waals surface area (Å²) in [4.78, 5) is 0. The van der Waals surface area contributed by atoms with E-state index in [0.29, 0.717) is 10.6 Å². The first-order valence-corrected chi connectivity index (χ1v) is 6.02. The summed E-state index contributed by atoms with van der Waals surface area (Å²) in [5.41, 5.74) is 4.82. The summed E-state index contributed by atoms with van der Waals surface area (Å²) >= 11 is 6.00. The Labute approximate surface area is 112 Å². The van der Waals surface area contributed by atoms with E-state index >= 15 is 0 Å². The van der Waals surface area contributed by atoms with Crippen LogP contribution in [0.3, 0.4) is 0 Å². The molecule has 0 aliphatic carbocycles. The van der Waals surface area contributed by atoms with Crippen LogP contribution in [0.1, 0.15) is 16.7 Å². The Bertz CT molecular complexity index is 627. The van der Waals surface area contributed by atoms with Gasteiger partial charge in [-0.1, -0.05) is 29.3 Å². The molecule has 0 atom stereocenters. The summed E-state index contributed by atoms with van der Waals surface area (Å²) in [5, 5.41) is 12.6. The van der Waals surface area contributed by atoms with Crippen molar-refractivity contribution in [2.45, 2.75) is 13.8 Å². The monoisotopic (exact) mass is 256 g/mol. The molecule has 0 bridgehead atoms. The first-order valence-electron chi connectivity index (χ1n) is 5.64. The number of nitriles is 1. The van der Waals surface area contributed by atoms with Crippen molar-refractivity contribution >= 4 is 23.0 Å². The van der Waals surface area contributed by atoms with Crippen LogP contribution < -0.4 is 5.32 Å². The van der Waals surface area contributed by atoms with Gasteiger partial charge in [-0.3, -0.25) is 0 Å². The fourth-order valence-corrected chi connectivity index (χ4v) is 2.02. The Kier molecular flexibility index (Phi) is 3.55. The van der Waals surface area contributed by atoms with Gasteiger partial charge in [0.2, 0.25) is 0 Å². The van der Waals surface area contributed by atoms with Crippen molar-refractivity contribution in [3.8, 4) is 6.07 Å². The number of aryl methyl sites for hydroxylation is 2. The number of anilines is 2. The van der Waals surface area contributed by atoms with E-state index < -0.39 is 0 Å². The minimum absolute atomic E-state index is 0.465. The summed E-state index contributed by atoms with van der Waals surface area (Å²) in [6.07, 6.45) is 0. The number of halogens is 1. The van der Waals surface area contributed by atoms with Crippen molar-refractivity contribution in [3.63, 3.8) is 0 Å². The van der Waals surface area contributed by atoms with Crippen molar-refractivity contribution in [3.05, 3.63) is 58.1 Å². The zero-order valence-electron chi connectivity index (χ0n) is 10.3. The molecule has 0 amide bonds. The van der Waals surface area contributed by atoms with Gasteiger partial charge in [0.1, 0.15) is 6.07 Å². The highest BCUT2D eigenvalue weighted by molar-refractivity contribution is 6.32. The molecule has 0 aliphatic heterocycles. The molecule has 3 heteroatoms. The molecule has 18 heavy (non-hydrogen) atoms. The molecule has 0 unspecified atom stereocenters. The van der Waals surface area contributed by atoms with Gasteiger partial charge in [0.25, 0.3) is 0 Å². The van der Waals surface area contributed by atoms with E-state index in [0.717, 1.165) is 11.4 Å². The van der Waals surface area contributed by atoms with Crippen LogP contribution in [0.15, 0.2) is 36.4 Å². The average molecular weight is 257 g/mol. The largest absolute Gasteiger partial charge is 0.355 e. The Balaban J connectivity index is 2.29. The van der Waals surface area contributed by atoms with Crippen LogP contribution in [0.5, 0.6) is 0 Å². The molecular weight excluding hydrogens is 244 g/mol. The molecule has 2 aromatic carbocycles. The van der Waals surface area contributed by atoms with Crippen molar-refractivity contribution in [1.82, 2.24) is 0 Å². The van der Waals surface area contributed by atoms with Crippen LogP contribution in [0.25, 0.3) is 0 Å². The molecule has 0 saturated heterocycles. The van der Waals surface area contributed by atoms with Gasteiger partial charge in [0.05, 0.1) is 10.6 Å². The molecule has 0 radical (unpaired) electrons. The van der Waals surface area contributed by atoms with Crippen molar-refractivity contribution in [2.75, 3.05) is 5.32 Å². The van der Waals surface area contributed by atoms with Crippen LogP contribution in [0.4, 0.5) is 11.4 Å². The van der Waals surface area contributed by atoms with E-state index in [1.54, 1.807) is 12.1 Å². The summed E-state index contributed by atoms with van der Waals surface area (Å²) in [5.74, 6) is 0. The van der Waals surface area contributed by atoms with Crippen molar-refractivity contribution in [1.29, 1.82) is 5.26 Å². The first-order chi connectivity index (χ1) is 8.60. The van der Waals surface area contributed by atoms with Gasteiger partial charge in [-0.15, -0.1) is 0 Å². The Hall–Kier alpha value is -1.98. The predicted octanol–water partition coefficient (Wildman–Crippen LogP) is 4.57. The second kappa shape index (κ2) is 5.12. The molecule has 0 saturated carbocycles. The molecule has 0 aliphatic rings. The molecule has 0 heterocycles. The number of nitrogens with zero attached hydrogens (tertiary/aromatic N) is 1. The normalized spacial score (nSPS) is 9.89. The molecule has 2 aromatic rings. The molecular formula is C15H13ClN2. The SMILES string of the molecule is Cc1ccc(Nc2ccc(C#N)c(Cl)c2)c(C)c1. The van der Waals surface area contributed by atoms with Gasteiger partial charge in [-0.05, 0) is 43.7 Å². The lowest BCUT2D eigenvalue weighted by molar-refractivity contribution is 1.37. The predicted molar refractivity (Wildman–Crippen MR) is 75.4 cm³/mol. The summed E-state index contributed by atoms with van der Waals surface area (Å²) in [7, 11) is 0. The minimum atomic E-state index is 0.465. The molecule has 2 nitrogen and oxygen atoms in total. The van der Waals surface area contributed by atoms with Crippen LogP contribution in [0.2, 0.25) is 5.02 Å². The molecule has 0 aromatic heterocycles. The maximum absolute atomic E-state index is 8.82. The van der Waals surface area contributed by atoms with Crippen LogP contribution in [-0.4, -0.2) is 0 Å². The summed E-state index contributed by atoms with van der Waals surface area (Å²) in [6.45, 7) is 4.12. The van der Waals surface area contributed by atoms with Crippen LogP contribution in [-0.2, 0) is 0 Å². The third kappa shape index (κ3) is 2.64. The maximum atomic E-state index is 8.82. The van der Waals surface area contributed by atoms with E-state index in [1.807, 2.05) is 18.2 Å². The van der Waals surface area contributed by atoms with Crippen LogP contribution >= 0.6 is 11.6 Å². The highest BCUT2D eigenvalue weighted by atomic mass is 35.5. The van der Waals surface area contributed by atoms with E-state index in [-0.39, 0.29) is 0 Å². The standard InChI is InChI=1S/C15H13ClN2/c1-10-3-6-15(11(2)7-10)18-13-5-4-12(9-17)14(16)8-13/h3-8,18H,1-2H3. The lowest BCUT2D eigenvalue weighted by Crippen LogP contribution is -1.94. The Morgan fingerprint density at radius 1 is 1.11 bits per heavy atom.